The van der Waals surface area contributed by atoms with Crippen LogP contribution in [0.1, 0.15) is 37.5 Å². The lowest BCUT2D eigenvalue weighted by Crippen LogP contribution is -2.21. The third-order valence-corrected chi connectivity index (χ3v) is 10.6. The maximum Gasteiger partial charge on any atom is 0.156 e. The second kappa shape index (κ2) is 10.6. The molecular weight excluding hydrogens is 710 g/mol. The number of anilines is 3. The van der Waals surface area contributed by atoms with Gasteiger partial charge in [0.15, 0.2) is 23.0 Å². The minimum atomic E-state index is 0.101. The molecule has 6 aromatic carbocycles. The predicted octanol–water partition coefficient (Wildman–Crippen LogP) is 13.3. The Bertz CT molecular complexity index is 2230. The zero-order valence-electron chi connectivity index (χ0n) is 26.3. The minimum absolute atomic E-state index is 0.101. The Morgan fingerprint density at radius 2 is 0.830 bits per heavy atom. The number of hydrogen-bond acceptors (Lipinski definition) is 3. The summed E-state index contributed by atoms with van der Waals surface area (Å²) >= 11 is 7.19. The van der Waals surface area contributed by atoms with E-state index in [0.29, 0.717) is 0 Å². The summed E-state index contributed by atoms with van der Waals surface area (Å²) in [6, 6.07) is 39.4. The van der Waals surface area contributed by atoms with Crippen LogP contribution in [0.3, 0.4) is 0 Å². The third kappa shape index (κ3) is 4.82. The SMILES string of the molecule is CC(C)(C)c1ccc(-c2cc3c4c(c2)Oc2cc(-c5ccc(Br)cc5)cc5c2N4c2c(cc(-c4ccc(Br)cc4)cc2O5)CC3)cc1. The van der Waals surface area contributed by atoms with Gasteiger partial charge < -0.3 is 9.47 Å². The molecule has 9 rings (SSSR count). The molecule has 3 heterocycles. The van der Waals surface area contributed by atoms with Crippen LogP contribution in [0.15, 0.2) is 118 Å². The summed E-state index contributed by atoms with van der Waals surface area (Å²) in [7, 11) is 0. The highest BCUT2D eigenvalue weighted by Gasteiger charge is 2.40. The average molecular weight is 742 g/mol. The van der Waals surface area contributed by atoms with Crippen molar-refractivity contribution in [3.8, 4) is 56.4 Å². The van der Waals surface area contributed by atoms with Crippen LogP contribution in [0.25, 0.3) is 33.4 Å². The molecule has 0 bridgehead atoms. The van der Waals surface area contributed by atoms with E-state index in [0.717, 1.165) is 84.1 Å². The molecule has 0 unspecified atom stereocenters. The van der Waals surface area contributed by atoms with Crippen LogP contribution in [0, 0.1) is 0 Å². The molecule has 0 aromatic heterocycles. The molecule has 6 aromatic rings. The zero-order chi connectivity index (χ0) is 32.0. The summed E-state index contributed by atoms with van der Waals surface area (Å²) in [5.74, 6) is 3.35. The second-order valence-electron chi connectivity index (χ2n) is 13.7. The molecule has 3 aliphatic heterocycles. The first-order valence-corrected chi connectivity index (χ1v) is 17.6. The van der Waals surface area contributed by atoms with Crippen molar-refractivity contribution in [1.29, 1.82) is 0 Å². The largest absolute Gasteiger partial charge is 0.453 e. The van der Waals surface area contributed by atoms with E-state index < -0.39 is 0 Å². The Balaban J connectivity index is 1.26. The molecule has 3 aliphatic rings. The molecule has 0 atom stereocenters. The van der Waals surface area contributed by atoms with E-state index in [-0.39, 0.29) is 5.41 Å². The summed E-state index contributed by atoms with van der Waals surface area (Å²) in [4.78, 5) is 2.42. The number of hydrogen-bond donors (Lipinski definition) is 0. The molecule has 0 spiro atoms. The highest BCUT2D eigenvalue weighted by atomic mass is 79.9. The van der Waals surface area contributed by atoms with E-state index in [9.17, 15) is 0 Å². The zero-order valence-corrected chi connectivity index (χ0v) is 29.5. The van der Waals surface area contributed by atoms with Crippen molar-refractivity contribution >= 4 is 48.9 Å². The number of aryl methyl sites for hydroxylation is 2. The van der Waals surface area contributed by atoms with Crippen molar-refractivity contribution in [1.82, 2.24) is 0 Å². The first-order chi connectivity index (χ1) is 22.7. The Morgan fingerprint density at radius 1 is 0.468 bits per heavy atom. The number of rotatable bonds is 3. The molecule has 0 saturated carbocycles. The molecule has 230 valence electrons. The van der Waals surface area contributed by atoms with Crippen LogP contribution >= 0.6 is 31.9 Å². The number of nitrogens with zero attached hydrogens (tertiary/aromatic N) is 1. The van der Waals surface area contributed by atoms with Gasteiger partial charge in [0.2, 0.25) is 0 Å². The maximum atomic E-state index is 6.90. The van der Waals surface area contributed by atoms with Gasteiger partial charge in [0.25, 0.3) is 0 Å². The van der Waals surface area contributed by atoms with Crippen molar-refractivity contribution < 1.29 is 9.47 Å². The summed E-state index contributed by atoms with van der Waals surface area (Å²) in [5.41, 5.74) is 14.0. The Hall–Kier alpha value is -4.32. The van der Waals surface area contributed by atoms with Gasteiger partial charge in [0.05, 0.1) is 11.4 Å². The van der Waals surface area contributed by atoms with Gasteiger partial charge in [0.1, 0.15) is 5.69 Å². The Labute approximate surface area is 292 Å². The van der Waals surface area contributed by atoms with E-state index >= 15 is 0 Å². The average Bonchev–Trinajstić information content (AvgIpc) is 3.23. The number of benzene rings is 6. The highest BCUT2D eigenvalue weighted by molar-refractivity contribution is 9.10. The van der Waals surface area contributed by atoms with Crippen molar-refractivity contribution in [2.24, 2.45) is 0 Å². The predicted molar refractivity (Wildman–Crippen MR) is 199 cm³/mol. The van der Waals surface area contributed by atoms with Gasteiger partial charge in [-0.2, -0.15) is 0 Å². The molecule has 0 aliphatic carbocycles. The smallest absolute Gasteiger partial charge is 0.156 e. The van der Waals surface area contributed by atoms with Gasteiger partial charge in [-0.25, -0.2) is 0 Å². The van der Waals surface area contributed by atoms with Gasteiger partial charge in [-0.15, -0.1) is 0 Å². The van der Waals surface area contributed by atoms with Gasteiger partial charge in [-0.05, 0) is 129 Å². The fourth-order valence-corrected chi connectivity index (χ4v) is 7.65. The molecule has 5 heteroatoms. The van der Waals surface area contributed by atoms with Crippen molar-refractivity contribution in [3.05, 3.63) is 135 Å². The van der Waals surface area contributed by atoms with E-state index in [1.807, 2.05) is 0 Å². The van der Waals surface area contributed by atoms with E-state index in [2.05, 4.69) is 167 Å². The first kappa shape index (κ1) is 28.9. The Morgan fingerprint density at radius 3 is 1.23 bits per heavy atom. The molecule has 3 nitrogen and oxygen atoms in total. The lowest BCUT2D eigenvalue weighted by Gasteiger charge is -2.39. The molecule has 0 amide bonds. The van der Waals surface area contributed by atoms with Crippen LogP contribution in [-0.4, -0.2) is 0 Å². The molecule has 0 radical (unpaired) electrons. The quantitative estimate of drug-likeness (QED) is 0.180. The highest BCUT2D eigenvalue weighted by Crippen LogP contribution is 2.64. The fraction of sp³-hybridized carbons (Fsp3) is 0.143. The molecule has 0 fully saturated rings. The summed E-state index contributed by atoms with van der Waals surface area (Å²) in [5, 5.41) is 0. The number of halogens is 2. The van der Waals surface area contributed by atoms with Crippen molar-refractivity contribution in [2.75, 3.05) is 4.90 Å². The van der Waals surface area contributed by atoms with Crippen LogP contribution in [0.4, 0.5) is 17.1 Å². The van der Waals surface area contributed by atoms with Crippen LogP contribution in [0.2, 0.25) is 0 Å². The molecule has 0 N–H and O–H groups in total. The molecule has 47 heavy (non-hydrogen) atoms. The molecule has 0 saturated heterocycles. The van der Waals surface area contributed by atoms with Crippen LogP contribution < -0.4 is 14.4 Å². The first-order valence-electron chi connectivity index (χ1n) is 16.0. The summed E-state index contributed by atoms with van der Waals surface area (Å²) in [6.45, 7) is 6.77. The monoisotopic (exact) mass is 739 g/mol. The van der Waals surface area contributed by atoms with Crippen molar-refractivity contribution in [3.63, 3.8) is 0 Å². The normalized spacial score (nSPS) is 13.8. The van der Waals surface area contributed by atoms with Gasteiger partial charge in [0, 0.05) is 8.95 Å². The van der Waals surface area contributed by atoms with Crippen LogP contribution in [0.5, 0.6) is 23.0 Å². The van der Waals surface area contributed by atoms with E-state index in [1.165, 1.54) is 27.8 Å². The lowest BCUT2D eigenvalue weighted by atomic mass is 9.86. The fourth-order valence-electron chi connectivity index (χ4n) is 7.12. The molecular formula is C42H31Br2NO2. The summed E-state index contributed by atoms with van der Waals surface area (Å²) in [6.07, 6.45) is 1.79. The van der Waals surface area contributed by atoms with Gasteiger partial charge in [-0.1, -0.05) is 101 Å². The topological polar surface area (TPSA) is 21.7 Å². The Kier molecular flexibility index (Phi) is 6.51. The standard InChI is InChI=1S/C42H31Br2NO2/c1-42(2,3)32-12-6-24(7-13-32)29-18-27-4-5-28-19-30(25-8-14-33(43)15-9-25)21-36-40(28)45-39(27)35(20-29)46-37-22-31(23-38(47-36)41(37)45)26-10-16-34(44)17-11-26/h6-23H,4-5H2,1-3H3. The van der Waals surface area contributed by atoms with E-state index in [4.69, 9.17) is 9.47 Å². The van der Waals surface area contributed by atoms with Crippen LogP contribution in [-0.2, 0) is 18.3 Å². The maximum absolute atomic E-state index is 6.90. The minimum Gasteiger partial charge on any atom is -0.453 e. The number of ether oxygens (including phenoxy) is 2. The van der Waals surface area contributed by atoms with E-state index in [1.54, 1.807) is 0 Å². The summed E-state index contributed by atoms with van der Waals surface area (Å²) < 4.78 is 15.9. The van der Waals surface area contributed by atoms with Gasteiger partial charge in [-0.3, -0.25) is 4.90 Å². The lowest BCUT2D eigenvalue weighted by molar-refractivity contribution is 0.446. The van der Waals surface area contributed by atoms with Crippen molar-refractivity contribution in [2.45, 2.75) is 39.0 Å². The second-order valence-corrected chi connectivity index (χ2v) is 15.5. The third-order valence-electron chi connectivity index (χ3n) is 9.56. The van der Waals surface area contributed by atoms with Gasteiger partial charge >= 0.3 is 0 Å².